The number of hydrogen-bond acceptors (Lipinski definition) is 4. The Morgan fingerprint density at radius 1 is 1.71 bits per heavy atom. The van der Waals surface area contributed by atoms with Gasteiger partial charge in [-0.3, -0.25) is 0 Å². The van der Waals surface area contributed by atoms with Crippen LogP contribution in [0.1, 0.15) is 19.0 Å². The predicted molar refractivity (Wildman–Crippen MR) is 54.7 cm³/mol. The molecule has 0 unspecified atom stereocenters. The van der Waals surface area contributed by atoms with Crippen molar-refractivity contribution in [3.63, 3.8) is 0 Å². The summed E-state index contributed by atoms with van der Waals surface area (Å²) in [5.74, 6) is 0.471. The van der Waals surface area contributed by atoms with Gasteiger partial charge >= 0.3 is 0 Å². The van der Waals surface area contributed by atoms with E-state index in [4.69, 9.17) is 5.26 Å². The second kappa shape index (κ2) is 4.97. The van der Waals surface area contributed by atoms with Crippen LogP contribution >= 0.6 is 0 Å². The molecule has 1 rings (SSSR count). The lowest BCUT2D eigenvalue weighted by atomic mass is 10.2. The van der Waals surface area contributed by atoms with E-state index in [0.717, 1.165) is 12.0 Å². The summed E-state index contributed by atoms with van der Waals surface area (Å²) in [6.07, 6.45) is 2.48. The molecule has 0 atom stereocenters. The fourth-order valence-electron chi connectivity index (χ4n) is 0.835. The molecule has 14 heavy (non-hydrogen) atoms. The Kier molecular flexibility index (Phi) is 3.62. The molecule has 4 heteroatoms. The Balaban J connectivity index is 2.60. The Morgan fingerprint density at radius 3 is 3.14 bits per heavy atom. The minimum atomic E-state index is 0.365. The highest BCUT2D eigenvalue weighted by atomic mass is 15.1. The number of hydrogen-bond donors (Lipinski definition) is 1. The molecule has 0 aliphatic rings. The van der Waals surface area contributed by atoms with Crippen LogP contribution in [0.4, 0.5) is 5.95 Å². The summed E-state index contributed by atoms with van der Waals surface area (Å²) < 4.78 is 0. The summed E-state index contributed by atoms with van der Waals surface area (Å²) in [6.45, 7) is 6.53. The molecular formula is C10H12N4. The summed E-state index contributed by atoms with van der Waals surface area (Å²) in [5, 5.41) is 11.6. The van der Waals surface area contributed by atoms with Gasteiger partial charge in [0.05, 0.1) is 0 Å². The third-order valence-corrected chi connectivity index (χ3v) is 1.77. The number of nitriles is 1. The van der Waals surface area contributed by atoms with E-state index < -0.39 is 0 Å². The topological polar surface area (TPSA) is 61.6 Å². The first-order valence-corrected chi connectivity index (χ1v) is 4.40. The van der Waals surface area contributed by atoms with Crippen LogP contribution in [-0.2, 0) is 0 Å². The number of nitrogens with zero attached hydrogens (tertiary/aromatic N) is 3. The molecule has 0 amide bonds. The van der Waals surface area contributed by atoms with Crippen LogP contribution < -0.4 is 5.32 Å². The van der Waals surface area contributed by atoms with E-state index in [2.05, 4.69) is 21.9 Å². The fraction of sp³-hybridized carbons (Fsp3) is 0.300. The van der Waals surface area contributed by atoms with Crippen molar-refractivity contribution in [1.82, 2.24) is 9.97 Å². The first-order valence-electron chi connectivity index (χ1n) is 4.40. The summed E-state index contributed by atoms with van der Waals surface area (Å²) in [7, 11) is 0. The molecule has 0 spiro atoms. The lowest BCUT2D eigenvalue weighted by molar-refractivity contribution is 1.02. The molecule has 0 radical (unpaired) electrons. The molecule has 1 heterocycles. The number of anilines is 1. The molecule has 1 aromatic rings. The van der Waals surface area contributed by atoms with Gasteiger partial charge in [-0.2, -0.15) is 5.26 Å². The van der Waals surface area contributed by atoms with E-state index in [0.29, 0.717) is 18.2 Å². The van der Waals surface area contributed by atoms with Crippen molar-refractivity contribution in [1.29, 1.82) is 5.26 Å². The maximum absolute atomic E-state index is 8.60. The lowest BCUT2D eigenvalue weighted by Crippen LogP contribution is -2.07. The Morgan fingerprint density at radius 2 is 2.50 bits per heavy atom. The molecule has 0 saturated heterocycles. The van der Waals surface area contributed by atoms with Gasteiger partial charge in [-0.05, 0) is 12.5 Å². The van der Waals surface area contributed by atoms with Gasteiger partial charge in [0.2, 0.25) is 5.95 Å². The van der Waals surface area contributed by atoms with Crippen LogP contribution in [0.15, 0.2) is 24.4 Å². The average molecular weight is 188 g/mol. The van der Waals surface area contributed by atoms with Crippen LogP contribution in [0, 0.1) is 11.3 Å². The van der Waals surface area contributed by atoms with E-state index >= 15 is 0 Å². The van der Waals surface area contributed by atoms with Gasteiger partial charge in [-0.1, -0.05) is 19.1 Å². The van der Waals surface area contributed by atoms with E-state index in [-0.39, 0.29) is 0 Å². The molecular weight excluding hydrogens is 176 g/mol. The maximum atomic E-state index is 8.60. The normalized spacial score (nSPS) is 9.14. The zero-order valence-electron chi connectivity index (χ0n) is 8.12. The number of rotatable bonds is 4. The van der Waals surface area contributed by atoms with E-state index in [1.807, 2.05) is 13.0 Å². The van der Waals surface area contributed by atoms with Crippen molar-refractivity contribution in [2.75, 3.05) is 11.9 Å². The zero-order valence-corrected chi connectivity index (χ0v) is 8.12. The SMILES string of the molecule is C=C(CC)CNc1nccc(C#N)n1. The predicted octanol–water partition coefficient (Wildman–Crippen LogP) is 1.73. The maximum Gasteiger partial charge on any atom is 0.224 e. The molecule has 1 N–H and O–H groups in total. The quantitative estimate of drug-likeness (QED) is 0.731. The first kappa shape index (κ1) is 10.2. The number of aromatic nitrogens is 2. The standard InChI is InChI=1S/C10H12N4/c1-3-8(2)7-13-10-12-5-4-9(6-11)14-10/h4-5H,2-3,7H2,1H3,(H,12,13,14). The second-order valence-electron chi connectivity index (χ2n) is 2.83. The molecule has 0 aliphatic carbocycles. The first-order chi connectivity index (χ1) is 6.76. The van der Waals surface area contributed by atoms with Gasteiger partial charge in [-0.25, -0.2) is 9.97 Å². The van der Waals surface area contributed by atoms with Crippen LogP contribution in [0.3, 0.4) is 0 Å². The van der Waals surface area contributed by atoms with Gasteiger partial charge in [0.1, 0.15) is 11.8 Å². The van der Waals surface area contributed by atoms with Crippen molar-refractivity contribution < 1.29 is 0 Å². The summed E-state index contributed by atoms with van der Waals surface area (Å²) in [5.41, 5.74) is 1.44. The van der Waals surface area contributed by atoms with Crippen molar-refractivity contribution in [2.24, 2.45) is 0 Å². The fourth-order valence-corrected chi connectivity index (χ4v) is 0.835. The highest BCUT2D eigenvalue weighted by Crippen LogP contribution is 2.01. The van der Waals surface area contributed by atoms with Crippen molar-refractivity contribution >= 4 is 5.95 Å². The van der Waals surface area contributed by atoms with Crippen LogP contribution in [-0.4, -0.2) is 16.5 Å². The molecule has 72 valence electrons. The van der Waals surface area contributed by atoms with Crippen LogP contribution in [0.5, 0.6) is 0 Å². The smallest absolute Gasteiger partial charge is 0.224 e. The largest absolute Gasteiger partial charge is 0.350 e. The lowest BCUT2D eigenvalue weighted by Gasteiger charge is -2.04. The van der Waals surface area contributed by atoms with E-state index in [1.165, 1.54) is 0 Å². The van der Waals surface area contributed by atoms with Crippen molar-refractivity contribution in [3.05, 3.63) is 30.1 Å². The van der Waals surface area contributed by atoms with Gasteiger partial charge in [0.15, 0.2) is 0 Å². The van der Waals surface area contributed by atoms with E-state index in [9.17, 15) is 0 Å². The summed E-state index contributed by atoms with van der Waals surface area (Å²) in [6, 6.07) is 3.52. The summed E-state index contributed by atoms with van der Waals surface area (Å²) >= 11 is 0. The molecule has 0 aromatic carbocycles. The van der Waals surface area contributed by atoms with E-state index in [1.54, 1.807) is 12.3 Å². The van der Waals surface area contributed by atoms with Gasteiger partial charge < -0.3 is 5.32 Å². The van der Waals surface area contributed by atoms with Gasteiger partial charge in [0, 0.05) is 12.7 Å². The minimum absolute atomic E-state index is 0.365. The highest BCUT2D eigenvalue weighted by molar-refractivity contribution is 5.31. The second-order valence-corrected chi connectivity index (χ2v) is 2.83. The molecule has 1 aromatic heterocycles. The molecule has 0 saturated carbocycles. The average Bonchev–Trinajstić information content (AvgIpc) is 2.26. The Hall–Kier alpha value is -1.89. The summed E-state index contributed by atoms with van der Waals surface area (Å²) in [4.78, 5) is 7.95. The minimum Gasteiger partial charge on any atom is -0.350 e. The molecule has 4 nitrogen and oxygen atoms in total. The molecule has 0 fully saturated rings. The zero-order chi connectivity index (χ0) is 10.4. The van der Waals surface area contributed by atoms with Gasteiger partial charge in [0.25, 0.3) is 0 Å². The monoisotopic (exact) mass is 188 g/mol. The molecule has 0 aliphatic heterocycles. The van der Waals surface area contributed by atoms with Crippen LogP contribution in [0.2, 0.25) is 0 Å². The number of nitrogens with one attached hydrogen (secondary N) is 1. The van der Waals surface area contributed by atoms with Gasteiger partial charge in [-0.15, -0.1) is 0 Å². The Labute approximate surface area is 83.3 Å². The molecule has 0 bridgehead atoms. The van der Waals surface area contributed by atoms with Crippen LogP contribution in [0.25, 0.3) is 0 Å². The van der Waals surface area contributed by atoms with Crippen molar-refractivity contribution in [3.8, 4) is 6.07 Å². The third kappa shape index (κ3) is 2.87. The third-order valence-electron chi connectivity index (χ3n) is 1.77. The highest BCUT2D eigenvalue weighted by Gasteiger charge is 1.97. The Bertz CT molecular complexity index is 365. The van der Waals surface area contributed by atoms with Crippen molar-refractivity contribution in [2.45, 2.75) is 13.3 Å².